The molecule has 0 amide bonds. The van der Waals surface area contributed by atoms with Gasteiger partial charge in [0.25, 0.3) is 0 Å². The van der Waals surface area contributed by atoms with Crippen LogP contribution >= 0.6 is 11.8 Å². The molecule has 1 rings (SSSR count). The molecule has 3 nitrogen and oxygen atoms in total. The molecule has 0 heterocycles. The minimum atomic E-state index is -0.135. The zero-order chi connectivity index (χ0) is 14.1. The van der Waals surface area contributed by atoms with Crippen molar-refractivity contribution < 1.29 is 14.9 Å². The first-order valence-electron chi connectivity index (χ1n) is 6.20. The molecule has 2 N–H and O–H groups in total. The molecule has 0 saturated carbocycles. The summed E-state index contributed by atoms with van der Waals surface area (Å²) >= 11 is 1.78. The van der Waals surface area contributed by atoms with E-state index in [1.807, 2.05) is 18.2 Å². The highest BCUT2D eigenvalue weighted by Crippen LogP contribution is 2.27. The van der Waals surface area contributed by atoms with Crippen LogP contribution in [0.15, 0.2) is 18.2 Å². The Morgan fingerprint density at radius 1 is 1.37 bits per heavy atom. The van der Waals surface area contributed by atoms with Gasteiger partial charge in [-0.15, -0.1) is 0 Å². The lowest BCUT2D eigenvalue weighted by molar-refractivity contribution is 0.289. The molecule has 0 fully saturated rings. The molecular weight excluding hydrogens is 260 g/mol. The number of methoxy groups -OCH3 is 1. The predicted molar refractivity (Wildman–Crippen MR) is 79.4 cm³/mol. The van der Waals surface area contributed by atoms with E-state index in [2.05, 4.69) is 18.8 Å². The Hall–Kier alpha value is -1.15. The van der Waals surface area contributed by atoms with Crippen LogP contribution in [0.25, 0.3) is 0 Å². The van der Waals surface area contributed by atoms with Crippen molar-refractivity contribution in [2.75, 3.05) is 20.3 Å². The highest BCUT2D eigenvalue weighted by atomic mass is 32.2. The predicted octanol–water partition coefficient (Wildman–Crippen LogP) is 2.04. The van der Waals surface area contributed by atoms with Crippen molar-refractivity contribution in [3.63, 3.8) is 0 Å². The lowest BCUT2D eigenvalue weighted by Gasteiger charge is -2.12. The van der Waals surface area contributed by atoms with Gasteiger partial charge in [-0.05, 0) is 24.6 Å². The normalized spacial score (nSPS) is 11.6. The molecule has 0 radical (unpaired) electrons. The monoisotopic (exact) mass is 280 g/mol. The van der Waals surface area contributed by atoms with E-state index in [1.165, 1.54) is 0 Å². The molecule has 0 bridgehead atoms. The highest BCUT2D eigenvalue weighted by molar-refractivity contribution is 7.99. The quantitative estimate of drug-likeness (QED) is 0.783. The number of rotatable bonds is 6. The van der Waals surface area contributed by atoms with Crippen LogP contribution in [-0.2, 0) is 5.75 Å². The van der Waals surface area contributed by atoms with E-state index in [9.17, 15) is 0 Å². The van der Waals surface area contributed by atoms with E-state index in [-0.39, 0.29) is 13.2 Å². The van der Waals surface area contributed by atoms with Crippen LogP contribution in [-0.4, -0.2) is 35.8 Å². The molecule has 19 heavy (non-hydrogen) atoms. The molecule has 0 aliphatic rings. The van der Waals surface area contributed by atoms with Crippen LogP contribution in [0.2, 0.25) is 0 Å². The Labute approximate surface area is 119 Å². The molecule has 0 aliphatic heterocycles. The molecule has 0 saturated heterocycles. The van der Waals surface area contributed by atoms with Gasteiger partial charge in [0.2, 0.25) is 0 Å². The fourth-order valence-corrected chi connectivity index (χ4v) is 2.57. The van der Waals surface area contributed by atoms with Gasteiger partial charge in [0, 0.05) is 28.7 Å². The number of aliphatic hydroxyl groups is 2. The Balaban J connectivity index is 2.78. The van der Waals surface area contributed by atoms with Gasteiger partial charge in [-0.2, -0.15) is 11.8 Å². The van der Waals surface area contributed by atoms with Crippen molar-refractivity contribution in [3.05, 3.63) is 29.3 Å². The first-order chi connectivity index (χ1) is 9.21. The van der Waals surface area contributed by atoms with Gasteiger partial charge < -0.3 is 14.9 Å². The van der Waals surface area contributed by atoms with E-state index in [4.69, 9.17) is 14.9 Å². The van der Waals surface area contributed by atoms with Gasteiger partial charge in [-0.3, -0.25) is 0 Å². The Morgan fingerprint density at radius 2 is 2.16 bits per heavy atom. The fourth-order valence-electron chi connectivity index (χ4n) is 1.61. The van der Waals surface area contributed by atoms with Crippen molar-refractivity contribution in [2.45, 2.75) is 24.3 Å². The van der Waals surface area contributed by atoms with Crippen LogP contribution in [0.3, 0.4) is 0 Å². The van der Waals surface area contributed by atoms with Crippen LogP contribution in [0.1, 0.15) is 24.5 Å². The zero-order valence-corrected chi connectivity index (χ0v) is 12.2. The second-order valence-electron chi connectivity index (χ2n) is 4.12. The maximum absolute atomic E-state index is 8.90. The van der Waals surface area contributed by atoms with Gasteiger partial charge in [0.1, 0.15) is 12.4 Å². The van der Waals surface area contributed by atoms with Crippen LogP contribution < -0.4 is 4.74 Å². The van der Waals surface area contributed by atoms with E-state index in [1.54, 1.807) is 18.9 Å². The third kappa shape index (κ3) is 5.56. The van der Waals surface area contributed by atoms with E-state index in [0.29, 0.717) is 5.25 Å². The average molecular weight is 280 g/mol. The molecule has 0 aromatic heterocycles. The summed E-state index contributed by atoms with van der Waals surface area (Å²) in [6, 6.07) is 5.76. The zero-order valence-electron chi connectivity index (χ0n) is 11.3. The molecule has 0 aliphatic carbocycles. The summed E-state index contributed by atoms with van der Waals surface area (Å²) in [6.07, 6.45) is 0.789. The van der Waals surface area contributed by atoms with Gasteiger partial charge in [0.15, 0.2) is 0 Å². The molecule has 104 valence electrons. The van der Waals surface area contributed by atoms with Crippen molar-refractivity contribution in [1.82, 2.24) is 0 Å². The number of ether oxygens (including phenoxy) is 1. The Morgan fingerprint density at radius 3 is 2.79 bits per heavy atom. The average Bonchev–Trinajstić information content (AvgIpc) is 2.43. The number of aliphatic hydroxyl groups excluding tert-OH is 2. The standard InChI is InChI=1S/C15H20O3S/c1-12(7-9-17)19-11-14-10-13(4-3-8-16)5-6-15(14)18-2/h5-6,10,12,16-17H,7-9,11H2,1-2H3. The minimum absolute atomic E-state index is 0.135. The highest BCUT2D eigenvalue weighted by Gasteiger charge is 2.07. The first-order valence-corrected chi connectivity index (χ1v) is 7.25. The lowest BCUT2D eigenvalue weighted by Crippen LogP contribution is -2.01. The molecule has 1 aromatic rings. The Kier molecular flexibility index (Phi) is 7.42. The molecular formula is C15H20O3S. The topological polar surface area (TPSA) is 49.7 Å². The molecule has 1 aromatic carbocycles. The third-order valence-corrected chi connectivity index (χ3v) is 3.93. The third-order valence-electron chi connectivity index (χ3n) is 2.65. The van der Waals surface area contributed by atoms with Gasteiger partial charge in [-0.1, -0.05) is 18.8 Å². The lowest BCUT2D eigenvalue weighted by atomic mass is 10.1. The minimum Gasteiger partial charge on any atom is -0.496 e. The van der Waals surface area contributed by atoms with Crippen molar-refractivity contribution in [3.8, 4) is 17.6 Å². The smallest absolute Gasteiger partial charge is 0.122 e. The number of thioether (sulfide) groups is 1. The number of hydrogen-bond donors (Lipinski definition) is 2. The summed E-state index contributed by atoms with van der Waals surface area (Å²) < 4.78 is 5.34. The molecule has 1 atom stereocenters. The molecule has 1 unspecified atom stereocenters. The number of benzene rings is 1. The summed E-state index contributed by atoms with van der Waals surface area (Å²) in [7, 11) is 1.65. The van der Waals surface area contributed by atoms with Crippen molar-refractivity contribution >= 4 is 11.8 Å². The summed E-state index contributed by atoms with van der Waals surface area (Å²) in [5.74, 6) is 7.20. The van der Waals surface area contributed by atoms with E-state index < -0.39 is 0 Å². The van der Waals surface area contributed by atoms with Gasteiger partial charge >= 0.3 is 0 Å². The largest absolute Gasteiger partial charge is 0.496 e. The number of hydrogen-bond acceptors (Lipinski definition) is 4. The first kappa shape index (κ1) is 15.9. The van der Waals surface area contributed by atoms with Gasteiger partial charge in [-0.25, -0.2) is 0 Å². The summed E-state index contributed by atoms with van der Waals surface area (Å²) in [6.45, 7) is 2.18. The fraction of sp³-hybridized carbons (Fsp3) is 0.467. The van der Waals surface area contributed by atoms with E-state index in [0.717, 1.165) is 29.1 Å². The second-order valence-corrected chi connectivity index (χ2v) is 5.55. The summed E-state index contributed by atoms with van der Waals surface area (Å²) in [5.41, 5.74) is 1.96. The molecule has 0 spiro atoms. The van der Waals surface area contributed by atoms with Crippen LogP contribution in [0, 0.1) is 11.8 Å². The van der Waals surface area contributed by atoms with Gasteiger partial charge in [0.05, 0.1) is 7.11 Å². The van der Waals surface area contributed by atoms with Crippen molar-refractivity contribution in [1.29, 1.82) is 0 Å². The van der Waals surface area contributed by atoms with E-state index >= 15 is 0 Å². The SMILES string of the molecule is COc1ccc(C#CCO)cc1CSC(C)CCO. The summed E-state index contributed by atoms with van der Waals surface area (Å²) in [5, 5.41) is 18.0. The summed E-state index contributed by atoms with van der Waals surface area (Å²) in [4.78, 5) is 0. The maximum Gasteiger partial charge on any atom is 0.122 e. The second kappa shape index (κ2) is 8.87. The van der Waals surface area contributed by atoms with Crippen LogP contribution in [0.4, 0.5) is 0 Å². The van der Waals surface area contributed by atoms with Crippen LogP contribution in [0.5, 0.6) is 5.75 Å². The maximum atomic E-state index is 8.90. The Bertz CT molecular complexity index is 448. The molecule has 4 heteroatoms. The van der Waals surface area contributed by atoms with Crippen molar-refractivity contribution in [2.24, 2.45) is 0 Å².